The van der Waals surface area contributed by atoms with E-state index in [4.69, 9.17) is 4.74 Å². The number of aromatic nitrogens is 3. The van der Waals surface area contributed by atoms with Crippen molar-refractivity contribution in [2.24, 2.45) is 0 Å². The summed E-state index contributed by atoms with van der Waals surface area (Å²) in [4.78, 5) is 34.4. The van der Waals surface area contributed by atoms with E-state index in [9.17, 15) is 9.59 Å². The predicted molar refractivity (Wildman–Crippen MR) is 130 cm³/mol. The van der Waals surface area contributed by atoms with Crippen LogP contribution in [0.1, 0.15) is 67.3 Å². The number of benzene rings is 1. The van der Waals surface area contributed by atoms with Crippen molar-refractivity contribution in [3.8, 4) is 0 Å². The van der Waals surface area contributed by atoms with Gasteiger partial charge in [0.1, 0.15) is 5.65 Å². The van der Waals surface area contributed by atoms with Gasteiger partial charge in [-0.05, 0) is 51.8 Å². The van der Waals surface area contributed by atoms with Gasteiger partial charge in [0.2, 0.25) is 5.95 Å². The Morgan fingerprint density at radius 1 is 1.09 bits per heavy atom. The molecule has 0 aliphatic carbocycles. The number of hydrogen-bond acceptors (Lipinski definition) is 5. The van der Waals surface area contributed by atoms with Gasteiger partial charge >= 0.3 is 0 Å². The summed E-state index contributed by atoms with van der Waals surface area (Å²) >= 11 is 0. The normalized spacial score (nSPS) is 11.5. The monoisotopic (exact) mass is 451 g/mol. The number of rotatable bonds is 9. The van der Waals surface area contributed by atoms with Crippen LogP contribution >= 0.6 is 0 Å². The number of carbonyl (C=O) groups excluding carboxylic acids is 2. The second-order valence-corrected chi connectivity index (χ2v) is 8.87. The molecular formula is C25H33N5O3. The van der Waals surface area contributed by atoms with E-state index in [1.807, 2.05) is 44.4 Å². The van der Waals surface area contributed by atoms with Gasteiger partial charge in [0.05, 0.1) is 17.6 Å². The summed E-state index contributed by atoms with van der Waals surface area (Å²) in [6, 6.07) is 7.54. The Kier molecular flexibility index (Phi) is 7.81. The van der Waals surface area contributed by atoms with Crippen LogP contribution in [0.2, 0.25) is 0 Å². The van der Waals surface area contributed by atoms with Gasteiger partial charge in [-0.2, -0.15) is 4.98 Å². The molecular weight excluding hydrogens is 418 g/mol. The maximum absolute atomic E-state index is 12.8. The summed E-state index contributed by atoms with van der Waals surface area (Å²) in [7, 11) is 0. The second-order valence-electron chi connectivity index (χ2n) is 8.87. The van der Waals surface area contributed by atoms with Crippen molar-refractivity contribution in [1.82, 2.24) is 19.9 Å². The van der Waals surface area contributed by atoms with E-state index >= 15 is 0 Å². The molecule has 8 heteroatoms. The third kappa shape index (κ3) is 5.96. The number of amides is 2. The molecule has 0 bridgehead atoms. The van der Waals surface area contributed by atoms with Crippen LogP contribution in [0.4, 0.5) is 5.95 Å². The van der Waals surface area contributed by atoms with Gasteiger partial charge in [-0.25, -0.2) is 4.98 Å². The molecule has 8 nitrogen and oxygen atoms in total. The van der Waals surface area contributed by atoms with Crippen molar-refractivity contribution in [2.75, 3.05) is 25.1 Å². The first-order chi connectivity index (χ1) is 15.7. The van der Waals surface area contributed by atoms with Crippen LogP contribution in [-0.4, -0.2) is 46.1 Å². The van der Waals surface area contributed by atoms with E-state index in [0.717, 1.165) is 12.8 Å². The molecule has 1 aromatic carbocycles. The summed E-state index contributed by atoms with van der Waals surface area (Å²) < 4.78 is 7.22. The van der Waals surface area contributed by atoms with Crippen LogP contribution in [0, 0.1) is 0 Å². The molecule has 2 amide bonds. The summed E-state index contributed by atoms with van der Waals surface area (Å²) in [5.41, 5.74) is 2.48. The fourth-order valence-electron chi connectivity index (χ4n) is 3.52. The average molecular weight is 452 g/mol. The third-order valence-corrected chi connectivity index (χ3v) is 5.23. The Hall–Kier alpha value is -3.26. The Balaban J connectivity index is 1.86. The molecule has 2 N–H and O–H groups in total. The summed E-state index contributed by atoms with van der Waals surface area (Å²) in [5, 5.41) is 6.27. The van der Waals surface area contributed by atoms with E-state index in [1.165, 1.54) is 5.56 Å². The predicted octanol–water partition coefficient (Wildman–Crippen LogP) is 4.16. The van der Waals surface area contributed by atoms with Crippen molar-refractivity contribution in [2.45, 2.75) is 53.0 Å². The Morgan fingerprint density at radius 3 is 2.45 bits per heavy atom. The number of aryl methyl sites for hydroxylation is 1. The summed E-state index contributed by atoms with van der Waals surface area (Å²) in [6.07, 6.45) is 5.40. The van der Waals surface area contributed by atoms with Gasteiger partial charge in [0, 0.05) is 36.6 Å². The van der Waals surface area contributed by atoms with Crippen LogP contribution in [0.5, 0.6) is 0 Å². The highest BCUT2D eigenvalue weighted by Gasteiger charge is 2.23. The van der Waals surface area contributed by atoms with Crippen molar-refractivity contribution in [1.29, 1.82) is 0 Å². The highest BCUT2D eigenvalue weighted by molar-refractivity contribution is 6.07. The standard InChI is InChI=1S/C25H33N5O3/c1-6-8-17-9-11-18(12-10-17)22(31)29-24-27-15-19-20(23(32)26-13-14-33-7-2)16-30(21(19)28-24)25(3,4)5/h9-12,15-16H,6-8,13-14H2,1-5H3,(H,26,32)(H,27,28,29,31). The van der Waals surface area contributed by atoms with Crippen molar-refractivity contribution in [3.05, 3.63) is 53.3 Å². The Labute approximate surface area is 194 Å². The summed E-state index contributed by atoms with van der Waals surface area (Å²) in [5.74, 6) is -0.299. The van der Waals surface area contributed by atoms with E-state index in [-0.39, 0.29) is 23.3 Å². The molecule has 0 radical (unpaired) electrons. The molecule has 0 aliphatic heterocycles. The van der Waals surface area contributed by atoms with Crippen LogP contribution in [0.15, 0.2) is 36.7 Å². The van der Waals surface area contributed by atoms with Crippen molar-refractivity contribution in [3.63, 3.8) is 0 Å². The molecule has 0 atom stereocenters. The minimum absolute atomic E-state index is 0.192. The van der Waals surface area contributed by atoms with Crippen molar-refractivity contribution >= 4 is 28.8 Å². The number of hydrogen-bond donors (Lipinski definition) is 2. The topological polar surface area (TPSA) is 98.1 Å². The lowest BCUT2D eigenvalue weighted by Crippen LogP contribution is -2.27. The molecule has 33 heavy (non-hydrogen) atoms. The zero-order valence-corrected chi connectivity index (χ0v) is 20.1. The van der Waals surface area contributed by atoms with Gasteiger partial charge in [0.25, 0.3) is 11.8 Å². The maximum atomic E-state index is 12.8. The van der Waals surface area contributed by atoms with Crippen LogP contribution in [-0.2, 0) is 16.7 Å². The Bertz CT molecular complexity index is 1110. The Morgan fingerprint density at radius 2 is 1.82 bits per heavy atom. The number of ether oxygens (including phenoxy) is 1. The minimum atomic E-state index is -0.327. The van der Waals surface area contributed by atoms with Gasteiger partial charge in [-0.15, -0.1) is 0 Å². The SMILES string of the molecule is CCCc1ccc(C(=O)Nc2ncc3c(C(=O)NCCOCC)cn(C(C)(C)C)c3n2)cc1. The van der Waals surface area contributed by atoms with Gasteiger partial charge in [-0.3, -0.25) is 14.9 Å². The number of anilines is 1. The van der Waals surface area contributed by atoms with Gasteiger partial charge in [-0.1, -0.05) is 25.5 Å². The third-order valence-electron chi connectivity index (χ3n) is 5.23. The minimum Gasteiger partial charge on any atom is -0.380 e. The lowest BCUT2D eigenvalue weighted by atomic mass is 10.1. The molecule has 0 spiro atoms. The van der Waals surface area contributed by atoms with Crippen LogP contribution in [0.3, 0.4) is 0 Å². The molecule has 3 aromatic rings. The largest absolute Gasteiger partial charge is 0.380 e. The molecule has 0 fully saturated rings. The fraction of sp³-hybridized carbons (Fsp3) is 0.440. The second kappa shape index (κ2) is 10.6. The lowest BCUT2D eigenvalue weighted by molar-refractivity contribution is 0.0923. The molecule has 0 saturated heterocycles. The molecule has 0 unspecified atom stereocenters. The molecule has 0 aliphatic rings. The number of nitrogens with zero attached hydrogens (tertiary/aromatic N) is 3. The lowest BCUT2D eigenvalue weighted by Gasteiger charge is -2.22. The van der Waals surface area contributed by atoms with Crippen LogP contribution in [0.25, 0.3) is 11.0 Å². The summed E-state index contributed by atoms with van der Waals surface area (Å²) in [6.45, 7) is 11.6. The van der Waals surface area contributed by atoms with E-state index < -0.39 is 0 Å². The van der Waals surface area contributed by atoms with Gasteiger partial charge < -0.3 is 14.6 Å². The van der Waals surface area contributed by atoms with E-state index in [0.29, 0.717) is 41.9 Å². The van der Waals surface area contributed by atoms with Crippen LogP contribution < -0.4 is 10.6 Å². The fourth-order valence-corrected chi connectivity index (χ4v) is 3.52. The smallest absolute Gasteiger partial charge is 0.258 e. The first-order valence-electron chi connectivity index (χ1n) is 11.4. The number of fused-ring (bicyclic) bond motifs is 1. The van der Waals surface area contributed by atoms with E-state index in [2.05, 4.69) is 27.5 Å². The zero-order chi connectivity index (χ0) is 24.0. The molecule has 2 heterocycles. The number of nitrogens with one attached hydrogen (secondary N) is 2. The highest BCUT2D eigenvalue weighted by Crippen LogP contribution is 2.27. The zero-order valence-electron chi connectivity index (χ0n) is 20.1. The van der Waals surface area contributed by atoms with Gasteiger partial charge in [0.15, 0.2) is 0 Å². The molecule has 176 valence electrons. The maximum Gasteiger partial charge on any atom is 0.258 e. The molecule has 0 saturated carbocycles. The quantitative estimate of drug-likeness (QED) is 0.476. The first-order valence-corrected chi connectivity index (χ1v) is 11.4. The van der Waals surface area contributed by atoms with Crippen molar-refractivity contribution < 1.29 is 14.3 Å². The average Bonchev–Trinajstić information content (AvgIpc) is 3.17. The molecule has 2 aromatic heterocycles. The van der Waals surface area contributed by atoms with E-state index in [1.54, 1.807) is 24.5 Å². The first kappa shape index (κ1) is 24.4. The number of carbonyl (C=O) groups is 2. The molecule has 3 rings (SSSR count). The highest BCUT2D eigenvalue weighted by atomic mass is 16.5.